The van der Waals surface area contributed by atoms with Gasteiger partial charge in [0.25, 0.3) is 0 Å². The van der Waals surface area contributed by atoms with Crippen molar-refractivity contribution < 1.29 is 4.74 Å². The smallest absolute Gasteiger partial charge is 0.119 e. The summed E-state index contributed by atoms with van der Waals surface area (Å²) in [6.07, 6.45) is 8.27. The number of anilines is 4. The highest BCUT2D eigenvalue weighted by Crippen LogP contribution is 2.37. The second-order valence-electron chi connectivity index (χ2n) is 11.2. The summed E-state index contributed by atoms with van der Waals surface area (Å²) in [6, 6.07) is 52.6. The molecule has 0 saturated heterocycles. The first-order valence-corrected chi connectivity index (χ1v) is 15.5. The Labute approximate surface area is 271 Å². The Kier molecular flexibility index (Phi) is 8.29. The van der Waals surface area contributed by atoms with Gasteiger partial charge in [-0.25, -0.2) is 0 Å². The van der Waals surface area contributed by atoms with E-state index in [1.807, 2.05) is 42.5 Å². The molecule has 0 aromatic heterocycles. The molecule has 7 rings (SSSR count). The number of hydrogen-bond donors (Lipinski definition) is 1. The normalized spacial score (nSPS) is 13.7. The highest BCUT2D eigenvalue weighted by molar-refractivity contribution is 5.88. The van der Waals surface area contributed by atoms with E-state index < -0.39 is 0 Å². The highest BCUT2D eigenvalue weighted by atomic mass is 16.5. The zero-order chi connectivity index (χ0) is 31.1. The molecule has 1 N–H and O–H groups in total. The molecule has 0 atom stereocenters. The lowest BCUT2D eigenvalue weighted by molar-refractivity contribution is 0.306. The molecule has 0 bridgehead atoms. The van der Waals surface area contributed by atoms with Crippen LogP contribution in [0.5, 0.6) is 5.75 Å². The maximum atomic E-state index is 5.86. The Bertz CT molecular complexity index is 1990. The van der Waals surface area contributed by atoms with Gasteiger partial charge in [0.2, 0.25) is 0 Å². The van der Waals surface area contributed by atoms with Gasteiger partial charge in [-0.05, 0) is 100 Å². The molecule has 46 heavy (non-hydrogen) atoms. The van der Waals surface area contributed by atoms with Gasteiger partial charge in [0.05, 0.1) is 5.69 Å². The Balaban J connectivity index is 1.03. The van der Waals surface area contributed by atoms with E-state index >= 15 is 0 Å². The van der Waals surface area contributed by atoms with Crippen LogP contribution in [0.15, 0.2) is 183 Å². The fourth-order valence-corrected chi connectivity index (χ4v) is 5.61. The SMILES string of the molecule is C=C1/C=C\C=C/N(c2ccccc2)c2ccc(-c3ccc(-c4ccc(Nc5ccc(COc6ccccc6)cc5)cc4)cc3)cc21. The molecule has 0 saturated carbocycles. The van der Waals surface area contributed by atoms with Crippen LogP contribution in [0.2, 0.25) is 0 Å². The fourth-order valence-electron chi connectivity index (χ4n) is 5.61. The van der Waals surface area contributed by atoms with Crippen molar-refractivity contribution in [3.8, 4) is 28.0 Å². The molecule has 0 amide bonds. The molecule has 222 valence electrons. The molecule has 0 unspecified atom stereocenters. The van der Waals surface area contributed by atoms with Crippen LogP contribution in [-0.4, -0.2) is 0 Å². The third-order valence-corrected chi connectivity index (χ3v) is 8.11. The number of ether oxygens (including phenoxy) is 1. The molecule has 0 spiro atoms. The molecular weight excluding hydrogens is 560 g/mol. The predicted octanol–water partition coefficient (Wildman–Crippen LogP) is 11.6. The van der Waals surface area contributed by atoms with Crippen LogP contribution >= 0.6 is 0 Å². The summed E-state index contributed by atoms with van der Waals surface area (Å²) in [7, 11) is 0. The quantitative estimate of drug-likeness (QED) is 0.190. The maximum absolute atomic E-state index is 5.86. The first kappa shape index (κ1) is 28.7. The van der Waals surface area contributed by atoms with Gasteiger partial charge >= 0.3 is 0 Å². The standard InChI is InChI=1S/C43H34N2O/c1-32-10-8-9-29-45(40-11-4-2-5-12-40)43-28-23-37(30-42(32)43)36-19-17-34(18-20-36)35-21-26-39(27-22-35)44-38-24-15-33(16-25-38)31-46-41-13-6-3-7-14-41/h2-30,44H,1,31H2/b10-8-,29-9-. The van der Waals surface area contributed by atoms with Crippen LogP contribution in [-0.2, 0) is 6.61 Å². The summed E-state index contributed by atoms with van der Waals surface area (Å²) in [5.74, 6) is 0.876. The van der Waals surface area contributed by atoms with Gasteiger partial charge in [0.15, 0.2) is 0 Å². The zero-order valence-electron chi connectivity index (χ0n) is 25.5. The topological polar surface area (TPSA) is 24.5 Å². The molecule has 3 heteroatoms. The van der Waals surface area contributed by atoms with Crippen LogP contribution in [0, 0.1) is 0 Å². The zero-order valence-corrected chi connectivity index (χ0v) is 25.5. The molecule has 1 heterocycles. The number of hydrogen-bond acceptors (Lipinski definition) is 3. The number of rotatable bonds is 8. The van der Waals surface area contributed by atoms with Crippen LogP contribution < -0.4 is 15.0 Å². The second kappa shape index (κ2) is 13.3. The molecule has 1 aliphatic heterocycles. The minimum atomic E-state index is 0.543. The number of allylic oxidation sites excluding steroid dienone is 4. The van der Waals surface area contributed by atoms with Gasteiger partial charge in [0, 0.05) is 28.8 Å². The third kappa shape index (κ3) is 6.54. The van der Waals surface area contributed by atoms with E-state index in [0.29, 0.717) is 6.61 Å². The minimum absolute atomic E-state index is 0.543. The van der Waals surface area contributed by atoms with Crippen molar-refractivity contribution >= 4 is 28.3 Å². The Hall–Kier alpha value is -6.06. The van der Waals surface area contributed by atoms with Gasteiger partial charge in [-0.15, -0.1) is 0 Å². The van der Waals surface area contributed by atoms with Crippen LogP contribution in [0.3, 0.4) is 0 Å². The van der Waals surface area contributed by atoms with E-state index in [1.165, 1.54) is 16.7 Å². The van der Waals surface area contributed by atoms with E-state index in [-0.39, 0.29) is 0 Å². The average Bonchev–Trinajstić information content (AvgIpc) is 3.12. The Morgan fingerprint density at radius 3 is 1.80 bits per heavy atom. The first-order valence-electron chi connectivity index (χ1n) is 15.5. The predicted molar refractivity (Wildman–Crippen MR) is 194 cm³/mol. The molecule has 6 aromatic rings. The summed E-state index contributed by atoms with van der Waals surface area (Å²) >= 11 is 0. The van der Waals surface area contributed by atoms with Gasteiger partial charge in [-0.1, -0.05) is 110 Å². The van der Waals surface area contributed by atoms with Crippen molar-refractivity contribution in [1.82, 2.24) is 0 Å². The van der Waals surface area contributed by atoms with Crippen molar-refractivity contribution in [1.29, 1.82) is 0 Å². The number of nitrogens with one attached hydrogen (secondary N) is 1. The van der Waals surface area contributed by atoms with Crippen molar-refractivity contribution in [2.45, 2.75) is 6.61 Å². The minimum Gasteiger partial charge on any atom is -0.489 e. The second-order valence-corrected chi connectivity index (χ2v) is 11.2. The van der Waals surface area contributed by atoms with Crippen LogP contribution in [0.25, 0.3) is 27.8 Å². The van der Waals surface area contributed by atoms with E-state index in [9.17, 15) is 0 Å². The van der Waals surface area contributed by atoms with E-state index in [1.54, 1.807) is 0 Å². The largest absolute Gasteiger partial charge is 0.489 e. The summed E-state index contributed by atoms with van der Waals surface area (Å²) in [6.45, 7) is 4.91. The third-order valence-electron chi connectivity index (χ3n) is 8.11. The summed E-state index contributed by atoms with van der Waals surface area (Å²) in [5, 5.41) is 3.50. The molecule has 0 radical (unpaired) electrons. The van der Waals surface area contributed by atoms with E-state index in [2.05, 4.69) is 150 Å². The van der Waals surface area contributed by atoms with Gasteiger partial charge in [0.1, 0.15) is 12.4 Å². The molecule has 6 aromatic carbocycles. The van der Waals surface area contributed by atoms with Crippen LogP contribution in [0.1, 0.15) is 11.1 Å². The summed E-state index contributed by atoms with van der Waals surface area (Å²) in [4.78, 5) is 2.21. The van der Waals surface area contributed by atoms with Crippen molar-refractivity contribution in [3.63, 3.8) is 0 Å². The lowest BCUT2D eigenvalue weighted by Crippen LogP contribution is -2.11. The molecule has 0 fully saturated rings. The van der Waals surface area contributed by atoms with E-state index in [4.69, 9.17) is 4.74 Å². The van der Waals surface area contributed by atoms with Gasteiger partial charge in [-0.3, -0.25) is 0 Å². The van der Waals surface area contributed by atoms with Crippen molar-refractivity contribution in [2.75, 3.05) is 10.2 Å². The van der Waals surface area contributed by atoms with Crippen molar-refractivity contribution in [2.24, 2.45) is 0 Å². The molecular formula is C43H34N2O. The lowest BCUT2D eigenvalue weighted by Gasteiger charge is -2.25. The number of para-hydroxylation sites is 2. The number of fused-ring (bicyclic) bond motifs is 1. The summed E-state index contributed by atoms with van der Waals surface area (Å²) < 4.78 is 5.86. The van der Waals surface area contributed by atoms with Crippen LogP contribution in [0.4, 0.5) is 22.7 Å². The lowest BCUT2D eigenvalue weighted by atomic mass is 9.95. The van der Waals surface area contributed by atoms with E-state index in [0.717, 1.165) is 50.8 Å². The van der Waals surface area contributed by atoms with Gasteiger partial charge in [-0.2, -0.15) is 0 Å². The van der Waals surface area contributed by atoms with Gasteiger partial charge < -0.3 is 15.0 Å². The Morgan fingerprint density at radius 1 is 0.565 bits per heavy atom. The number of nitrogens with zero attached hydrogens (tertiary/aromatic N) is 1. The summed E-state index contributed by atoms with van der Waals surface area (Å²) in [5.41, 5.74) is 12.2. The maximum Gasteiger partial charge on any atom is 0.119 e. The average molecular weight is 595 g/mol. The molecule has 1 aliphatic rings. The Morgan fingerprint density at radius 2 is 1.13 bits per heavy atom. The fraction of sp³-hybridized carbons (Fsp3) is 0.0233. The molecule has 3 nitrogen and oxygen atoms in total. The number of benzene rings is 6. The van der Waals surface area contributed by atoms with Crippen molar-refractivity contribution in [3.05, 3.63) is 194 Å². The highest BCUT2D eigenvalue weighted by Gasteiger charge is 2.15. The molecule has 0 aliphatic carbocycles. The first-order chi connectivity index (χ1) is 22.7. The monoisotopic (exact) mass is 594 g/mol.